The first-order chi connectivity index (χ1) is 11.3. The van der Waals surface area contributed by atoms with E-state index < -0.39 is 15.8 Å². The third-order valence-corrected chi connectivity index (χ3v) is 4.67. The lowest BCUT2D eigenvalue weighted by molar-refractivity contribution is -0.135. The molecule has 0 radical (unpaired) electrons. The summed E-state index contributed by atoms with van der Waals surface area (Å²) in [5.74, 6) is -1.13. The molecule has 0 atom stereocenters. The second kappa shape index (κ2) is 9.33. The van der Waals surface area contributed by atoms with Crippen molar-refractivity contribution >= 4 is 21.8 Å². The predicted octanol–water partition coefficient (Wildman–Crippen LogP) is 0.479. The fourth-order valence-corrected chi connectivity index (χ4v) is 2.98. The van der Waals surface area contributed by atoms with Gasteiger partial charge in [0, 0.05) is 26.1 Å². The Balaban J connectivity index is 2.54. The van der Waals surface area contributed by atoms with Crippen LogP contribution in [0.3, 0.4) is 0 Å². The van der Waals surface area contributed by atoms with E-state index in [0.29, 0.717) is 13.1 Å². The van der Waals surface area contributed by atoms with Gasteiger partial charge < -0.3 is 10.2 Å². The minimum atomic E-state index is -3.80. The Bertz CT molecular complexity index is 662. The fourth-order valence-electron chi connectivity index (χ4n) is 1.95. The van der Waals surface area contributed by atoms with Gasteiger partial charge in [-0.2, -0.15) is 0 Å². The summed E-state index contributed by atoms with van der Waals surface area (Å²) in [6.07, 6.45) is -0.0757. The first-order valence-corrected chi connectivity index (χ1v) is 9.08. The van der Waals surface area contributed by atoms with Crippen LogP contribution in [0.2, 0.25) is 0 Å². The average molecular weight is 359 g/mol. The highest BCUT2D eigenvalue weighted by molar-refractivity contribution is 7.89. The van der Waals surface area contributed by atoms with Gasteiger partial charge in [-0.1, -0.05) is 0 Å². The number of rotatable bonds is 9. The van der Waals surface area contributed by atoms with Crippen LogP contribution < -0.4 is 10.0 Å². The summed E-state index contributed by atoms with van der Waals surface area (Å²) >= 11 is 0. The summed E-state index contributed by atoms with van der Waals surface area (Å²) in [6, 6.07) is 4.38. The predicted molar refractivity (Wildman–Crippen MR) is 87.1 cm³/mol. The second-order valence-corrected chi connectivity index (χ2v) is 6.73. The van der Waals surface area contributed by atoms with Crippen molar-refractivity contribution in [2.24, 2.45) is 0 Å². The molecule has 24 heavy (non-hydrogen) atoms. The first kappa shape index (κ1) is 20.0. The van der Waals surface area contributed by atoms with E-state index in [1.54, 1.807) is 13.8 Å². The van der Waals surface area contributed by atoms with E-state index in [4.69, 9.17) is 0 Å². The highest BCUT2D eigenvalue weighted by Gasteiger charge is 2.17. The minimum Gasteiger partial charge on any atom is -0.355 e. The van der Waals surface area contributed by atoms with Crippen molar-refractivity contribution in [3.05, 3.63) is 30.1 Å². The molecule has 0 unspecified atom stereocenters. The lowest BCUT2D eigenvalue weighted by Gasteiger charge is -2.20. The molecule has 0 aliphatic carbocycles. The van der Waals surface area contributed by atoms with Crippen molar-refractivity contribution < 1.29 is 22.4 Å². The monoisotopic (exact) mass is 359 g/mol. The summed E-state index contributed by atoms with van der Waals surface area (Å²) in [5.41, 5.74) is 0. The molecule has 2 amide bonds. The van der Waals surface area contributed by atoms with Crippen LogP contribution in [-0.4, -0.2) is 51.3 Å². The van der Waals surface area contributed by atoms with Gasteiger partial charge in [0.1, 0.15) is 5.82 Å². The van der Waals surface area contributed by atoms with E-state index in [1.807, 2.05) is 0 Å². The Morgan fingerprint density at radius 2 is 1.79 bits per heavy atom. The molecule has 9 heteroatoms. The Kier molecular flexibility index (Phi) is 7.80. The molecule has 0 aromatic heterocycles. The Morgan fingerprint density at radius 1 is 1.17 bits per heavy atom. The van der Waals surface area contributed by atoms with Gasteiger partial charge in [-0.15, -0.1) is 0 Å². The standard InChI is InChI=1S/C15H22FN3O4S/c1-3-17-14(20)11-19(4-2)15(21)9-10-18-24(22,23)13-7-5-12(16)6-8-13/h5-8,18H,3-4,9-11H2,1-2H3,(H,17,20). The molecule has 0 fully saturated rings. The minimum absolute atomic E-state index is 0.0616. The van der Waals surface area contributed by atoms with Crippen LogP contribution in [0, 0.1) is 5.82 Å². The van der Waals surface area contributed by atoms with Crippen molar-refractivity contribution in [2.75, 3.05) is 26.2 Å². The Hall–Kier alpha value is -2.00. The number of benzene rings is 1. The number of halogens is 1. The van der Waals surface area contributed by atoms with Crippen molar-refractivity contribution in [3.8, 4) is 0 Å². The highest BCUT2D eigenvalue weighted by Crippen LogP contribution is 2.09. The van der Waals surface area contributed by atoms with Crippen LogP contribution in [0.1, 0.15) is 20.3 Å². The van der Waals surface area contributed by atoms with Gasteiger partial charge in [-0.05, 0) is 38.1 Å². The van der Waals surface area contributed by atoms with Crippen molar-refractivity contribution in [2.45, 2.75) is 25.2 Å². The second-order valence-electron chi connectivity index (χ2n) is 4.96. The molecule has 0 saturated carbocycles. The first-order valence-electron chi connectivity index (χ1n) is 7.59. The van der Waals surface area contributed by atoms with Crippen LogP contribution in [0.15, 0.2) is 29.2 Å². The third kappa shape index (κ3) is 6.25. The molecule has 0 bridgehead atoms. The molecule has 134 valence electrons. The number of carbonyl (C=O) groups excluding carboxylic acids is 2. The maximum atomic E-state index is 12.8. The SMILES string of the molecule is CCNC(=O)CN(CC)C(=O)CCNS(=O)(=O)c1ccc(F)cc1. The summed E-state index contributed by atoms with van der Waals surface area (Å²) < 4.78 is 39.1. The zero-order valence-corrected chi connectivity index (χ0v) is 14.5. The highest BCUT2D eigenvalue weighted by atomic mass is 32.2. The fraction of sp³-hybridized carbons (Fsp3) is 0.467. The van der Waals surface area contributed by atoms with Gasteiger partial charge in [0.15, 0.2) is 0 Å². The number of nitrogens with zero attached hydrogens (tertiary/aromatic N) is 1. The molecular formula is C15H22FN3O4S. The number of hydrogen-bond donors (Lipinski definition) is 2. The van der Waals surface area contributed by atoms with Gasteiger partial charge >= 0.3 is 0 Å². The van der Waals surface area contributed by atoms with E-state index in [-0.39, 0.29) is 36.2 Å². The van der Waals surface area contributed by atoms with Crippen LogP contribution in [0.25, 0.3) is 0 Å². The van der Waals surface area contributed by atoms with Gasteiger partial charge in [-0.25, -0.2) is 17.5 Å². The summed E-state index contributed by atoms with van der Waals surface area (Å²) in [7, 11) is -3.80. The van der Waals surface area contributed by atoms with E-state index >= 15 is 0 Å². The van der Waals surface area contributed by atoms with E-state index in [1.165, 1.54) is 4.90 Å². The lowest BCUT2D eigenvalue weighted by atomic mass is 10.3. The van der Waals surface area contributed by atoms with Crippen LogP contribution in [-0.2, 0) is 19.6 Å². The van der Waals surface area contributed by atoms with E-state index in [0.717, 1.165) is 24.3 Å². The molecule has 1 aromatic rings. The quantitative estimate of drug-likeness (QED) is 0.670. The number of carbonyl (C=O) groups is 2. The van der Waals surface area contributed by atoms with Gasteiger partial charge in [0.25, 0.3) is 0 Å². The molecule has 0 saturated heterocycles. The van der Waals surface area contributed by atoms with E-state index in [2.05, 4.69) is 10.0 Å². The summed E-state index contributed by atoms with van der Waals surface area (Å²) in [4.78, 5) is 24.8. The topological polar surface area (TPSA) is 95.6 Å². The maximum absolute atomic E-state index is 12.8. The average Bonchev–Trinajstić information content (AvgIpc) is 2.53. The molecular weight excluding hydrogens is 337 g/mol. The van der Waals surface area contributed by atoms with Gasteiger partial charge in [-0.3, -0.25) is 9.59 Å². The Labute approximate surface area is 141 Å². The molecule has 7 nitrogen and oxygen atoms in total. The normalized spacial score (nSPS) is 11.1. The van der Waals surface area contributed by atoms with Crippen LogP contribution in [0.5, 0.6) is 0 Å². The zero-order chi connectivity index (χ0) is 18.2. The molecule has 2 N–H and O–H groups in total. The Morgan fingerprint density at radius 3 is 2.33 bits per heavy atom. The largest absolute Gasteiger partial charge is 0.355 e. The molecule has 0 aliphatic heterocycles. The summed E-state index contributed by atoms with van der Waals surface area (Å²) in [6.45, 7) is 4.17. The summed E-state index contributed by atoms with van der Waals surface area (Å²) in [5, 5.41) is 2.60. The smallest absolute Gasteiger partial charge is 0.240 e. The number of sulfonamides is 1. The molecule has 1 aromatic carbocycles. The molecule has 1 rings (SSSR count). The molecule has 0 spiro atoms. The number of nitrogens with one attached hydrogen (secondary N) is 2. The molecule has 0 heterocycles. The van der Waals surface area contributed by atoms with Crippen LogP contribution >= 0.6 is 0 Å². The number of hydrogen-bond acceptors (Lipinski definition) is 4. The lowest BCUT2D eigenvalue weighted by Crippen LogP contribution is -2.41. The van der Waals surface area contributed by atoms with Crippen molar-refractivity contribution in [3.63, 3.8) is 0 Å². The zero-order valence-electron chi connectivity index (χ0n) is 13.7. The van der Waals surface area contributed by atoms with Gasteiger partial charge in [0.05, 0.1) is 11.4 Å². The van der Waals surface area contributed by atoms with Crippen molar-refractivity contribution in [1.29, 1.82) is 0 Å². The maximum Gasteiger partial charge on any atom is 0.240 e. The number of amides is 2. The van der Waals surface area contributed by atoms with Crippen LogP contribution in [0.4, 0.5) is 4.39 Å². The third-order valence-electron chi connectivity index (χ3n) is 3.20. The number of likely N-dealkylation sites (N-methyl/N-ethyl adjacent to an activating group) is 2. The van der Waals surface area contributed by atoms with Gasteiger partial charge in [0.2, 0.25) is 21.8 Å². The van der Waals surface area contributed by atoms with Crippen molar-refractivity contribution in [1.82, 2.24) is 14.9 Å². The molecule has 0 aliphatic rings. The van der Waals surface area contributed by atoms with E-state index in [9.17, 15) is 22.4 Å².